The van der Waals surface area contributed by atoms with Crippen molar-refractivity contribution in [3.8, 4) is 0 Å². The summed E-state index contributed by atoms with van der Waals surface area (Å²) in [7, 11) is 0. The molecule has 4 rings (SSSR count). The van der Waals surface area contributed by atoms with Crippen LogP contribution in [0, 0.1) is 5.92 Å². The molecule has 0 saturated carbocycles. The minimum Gasteiger partial charge on any atom is -0.480 e. The smallest absolute Gasteiger partial charge is 0.326 e. The van der Waals surface area contributed by atoms with E-state index in [0.29, 0.717) is 18.9 Å². The molecule has 1 atom stereocenters. The number of amides is 1. The van der Waals surface area contributed by atoms with Crippen molar-refractivity contribution in [3.05, 3.63) is 57.2 Å². The second kappa shape index (κ2) is 10.7. The van der Waals surface area contributed by atoms with Gasteiger partial charge in [-0.1, -0.05) is 35.3 Å². The van der Waals surface area contributed by atoms with Crippen molar-refractivity contribution in [1.29, 1.82) is 0 Å². The van der Waals surface area contributed by atoms with Gasteiger partial charge in [-0.05, 0) is 61.8 Å². The Morgan fingerprint density at radius 1 is 1.21 bits per heavy atom. The molecule has 7 nitrogen and oxygen atoms in total. The van der Waals surface area contributed by atoms with Gasteiger partial charge in [-0.3, -0.25) is 4.79 Å². The van der Waals surface area contributed by atoms with E-state index >= 15 is 0 Å². The van der Waals surface area contributed by atoms with Crippen LogP contribution in [0.5, 0.6) is 0 Å². The van der Waals surface area contributed by atoms with Crippen LogP contribution >= 0.6 is 23.2 Å². The predicted octanol–water partition coefficient (Wildman–Crippen LogP) is 3.88. The first-order valence-corrected chi connectivity index (χ1v) is 12.1. The van der Waals surface area contributed by atoms with Gasteiger partial charge in [0.2, 0.25) is 0 Å². The Labute approximate surface area is 203 Å². The Balaban J connectivity index is 1.21. The number of hydrogen-bond donors (Lipinski definition) is 3. The summed E-state index contributed by atoms with van der Waals surface area (Å²) in [4.78, 5) is 31.2. The fourth-order valence-corrected chi connectivity index (χ4v) is 4.99. The van der Waals surface area contributed by atoms with Gasteiger partial charge in [0, 0.05) is 31.9 Å². The number of benzene rings is 1. The van der Waals surface area contributed by atoms with Crippen molar-refractivity contribution in [2.45, 2.75) is 38.1 Å². The van der Waals surface area contributed by atoms with Gasteiger partial charge in [-0.25, -0.2) is 9.78 Å². The first-order chi connectivity index (χ1) is 15.9. The van der Waals surface area contributed by atoms with Crippen LogP contribution < -0.4 is 10.6 Å². The molecule has 1 amide bonds. The molecule has 1 saturated heterocycles. The standard InChI is InChI=1S/C24H28Cl2N4O3/c25-18-4-1-5-19(26)21(18)23(31)29-20(24(32)33)10-12-30-13-15(14-30)6-8-17-9-7-16-3-2-11-27-22(16)28-17/h1,4-5,7,9,15,20H,2-3,6,8,10-14H2,(H,27,28)(H,29,31)(H,32,33). The average molecular weight is 491 g/mol. The number of carbonyl (C=O) groups excluding carboxylic acids is 1. The number of nitrogens with zero attached hydrogens (tertiary/aromatic N) is 2. The van der Waals surface area contributed by atoms with Crippen molar-refractivity contribution >= 4 is 40.9 Å². The van der Waals surface area contributed by atoms with Crippen molar-refractivity contribution in [2.75, 3.05) is 31.5 Å². The average Bonchev–Trinajstić information content (AvgIpc) is 2.76. The molecule has 176 valence electrons. The Hall–Kier alpha value is -2.35. The molecule has 1 aromatic heterocycles. The number of carbonyl (C=O) groups is 2. The monoisotopic (exact) mass is 490 g/mol. The molecule has 1 fully saturated rings. The lowest BCUT2D eigenvalue weighted by Gasteiger charge is -2.40. The van der Waals surface area contributed by atoms with E-state index in [2.05, 4.69) is 27.7 Å². The third-order valence-corrected chi connectivity index (χ3v) is 6.95. The molecule has 3 heterocycles. The predicted molar refractivity (Wildman–Crippen MR) is 129 cm³/mol. The molecule has 2 aliphatic rings. The van der Waals surface area contributed by atoms with Gasteiger partial charge in [0.15, 0.2) is 0 Å². The van der Waals surface area contributed by atoms with Gasteiger partial charge >= 0.3 is 5.97 Å². The van der Waals surface area contributed by atoms with Gasteiger partial charge in [-0.2, -0.15) is 0 Å². The van der Waals surface area contributed by atoms with Crippen LogP contribution in [0.1, 0.15) is 40.9 Å². The number of pyridine rings is 1. The summed E-state index contributed by atoms with van der Waals surface area (Å²) in [5.41, 5.74) is 2.52. The van der Waals surface area contributed by atoms with Crippen LogP contribution in [0.2, 0.25) is 10.0 Å². The van der Waals surface area contributed by atoms with E-state index in [-0.39, 0.29) is 15.6 Å². The Bertz CT molecular complexity index is 1010. The number of carboxylic acids is 1. The van der Waals surface area contributed by atoms with Crippen molar-refractivity contribution < 1.29 is 14.7 Å². The molecule has 0 spiro atoms. The molecule has 2 aliphatic heterocycles. The maximum Gasteiger partial charge on any atom is 0.326 e. The summed E-state index contributed by atoms with van der Waals surface area (Å²) in [5.74, 6) is -0.0355. The van der Waals surface area contributed by atoms with E-state index in [1.54, 1.807) is 18.2 Å². The van der Waals surface area contributed by atoms with Gasteiger partial charge < -0.3 is 20.6 Å². The zero-order valence-electron chi connectivity index (χ0n) is 18.3. The molecule has 9 heteroatoms. The lowest BCUT2D eigenvalue weighted by Crippen LogP contribution is -2.50. The number of fused-ring (bicyclic) bond motifs is 1. The number of nitrogens with one attached hydrogen (secondary N) is 2. The number of aliphatic carboxylic acids is 1. The fourth-order valence-electron chi connectivity index (χ4n) is 4.42. The van der Waals surface area contributed by atoms with E-state index in [4.69, 9.17) is 28.2 Å². The minimum absolute atomic E-state index is 0.0992. The van der Waals surface area contributed by atoms with Crippen LogP contribution in [0.15, 0.2) is 30.3 Å². The van der Waals surface area contributed by atoms with E-state index < -0.39 is 17.9 Å². The quantitative estimate of drug-likeness (QED) is 0.493. The highest BCUT2D eigenvalue weighted by Crippen LogP contribution is 2.25. The number of aromatic nitrogens is 1. The van der Waals surface area contributed by atoms with E-state index in [1.807, 2.05) is 0 Å². The van der Waals surface area contributed by atoms with Crippen LogP contribution in [-0.4, -0.2) is 59.1 Å². The summed E-state index contributed by atoms with van der Waals surface area (Å²) in [5, 5.41) is 15.9. The topological polar surface area (TPSA) is 94.6 Å². The van der Waals surface area contributed by atoms with Crippen LogP contribution in [0.4, 0.5) is 5.82 Å². The Kier molecular flexibility index (Phi) is 7.73. The molecular weight excluding hydrogens is 463 g/mol. The van der Waals surface area contributed by atoms with Gasteiger partial charge in [-0.15, -0.1) is 0 Å². The second-order valence-corrected chi connectivity index (χ2v) is 9.57. The Morgan fingerprint density at radius 3 is 2.70 bits per heavy atom. The van der Waals surface area contributed by atoms with Crippen LogP contribution in [-0.2, 0) is 17.6 Å². The van der Waals surface area contributed by atoms with Crippen molar-refractivity contribution in [2.24, 2.45) is 5.92 Å². The number of aryl methyl sites for hydroxylation is 2. The number of anilines is 1. The molecule has 0 bridgehead atoms. The maximum atomic E-state index is 12.5. The van der Waals surface area contributed by atoms with Gasteiger partial charge in [0.25, 0.3) is 5.91 Å². The molecule has 33 heavy (non-hydrogen) atoms. The van der Waals surface area contributed by atoms with E-state index in [0.717, 1.165) is 56.8 Å². The SMILES string of the molecule is O=C(NC(CCN1CC(CCc2ccc3c(n2)NCCC3)C1)C(=O)O)c1c(Cl)cccc1Cl. The third kappa shape index (κ3) is 5.96. The third-order valence-electron chi connectivity index (χ3n) is 6.32. The summed E-state index contributed by atoms with van der Waals surface area (Å²) in [6.45, 7) is 3.45. The number of likely N-dealkylation sites (tertiary alicyclic amines) is 1. The zero-order valence-corrected chi connectivity index (χ0v) is 19.8. The van der Waals surface area contributed by atoms with Gasteiger partial charge in [0.1, 0.15) is 11.9 Å². The summed E-state index contributed by atoms with van der Waals surface area (Å²) < 4.78 is 0. The normalized spacial score (nSPS) is 16.9. The number of carboxylic acid groups (broad SMARTS) is 1. The van der Waals surface area contributed by atoms with Crippen LogP contribution in [0.25, 0.3) is 0 Å². The molecule has 1 unspecified atom stereocenters. The summed E-state index contributed by atoms with van der Waals surface area (Å²) >= 11 is 12.1. The van der Waals surface area contributed by atoms with Crippen LogP contribution in [0.3, 0.4) is 0 Å². The molecule has 1 aromatic carbocycles. The maximum absolute atomic E-state index is 12.5. The number of rotatable bonds is 9. The zero-order chi connectivity index (χ0) is 23.4. The Morgan fingerprint density at radius 2 is 1.97 bits per heavy atom. The molecular formula is C24H28Cl2N4O3. The lowest BCUT2D eigenvalue weighted by atomic mass is 9.93. The van der Waals surface area contributed by atoms with E-state index in [9.17, 15) is 14.7 Å². The van der Waals surface area contributed by atoms with Crippen molar-refractivity contribution in [1.82, 2.24) is 15.2 Å². The highest BCUT2D eigenvalue weighted by molar-refractivity contribution is 6.39. The van der Waals surface area contributed by atoms with E-state index in [1.165, 1.54) is 5.56 Å². The summed E-state index contributed by atoms with van der Waals surface area (Å²) in [6.07, 6.45) is 4.57. The van der Waals surface area contributed by atoms with Gasteiger partial charge in [0.05, 0.1) is 15.6 Å². The highest BCUT2D eigenvalue weighted by atomic mass is 35.5. The minimum atomic E-state index is -1.07. The summed E-state index contributed by atoms with van der Waals surface area (Å²) in [6, 6.07) is 8.05. The second-order valence-electron chi connectivity index (χ2n) is 8.75. The molecule has 3 N–H and O–H groups in total. The molecule has 2 aromatic rings. The first kappa shape index (κ1) is 23.8. The fraction of sp³-hybridized carbons (Fsp3) is 0.458. The first-order valence-electron chi connectivity index (χ1n) is 11.3. The molecule has 0 aliphatic carbocycles. The number of hydrogen-bond acceptors (Lipinski definition) is 5. The highest BCUT2D eigenvalue weighted by Gasteiger charge is 2.29. The number of halogens is 2. The lowest BCUT2D eigenvalue weighted by molar-refractivity contribution is -0.139. The van der Waals surface area contributed by atoms with Crippen molar-refractivity contribution in [3.63, 3.8) is 0 Å². The molecule has 0 radical (unpaired) electrons. The largest absolute Gasteiger partial charge is 0.480 e.